The fraction of sp³-hybridized carbons (Fsp3) is 0.676. The van der Waals surface area contributed by atoms with Crippen LogP contribution in [0.25, 0.3) is 0 Å². The van der Waals surface area contributed by atoms with Gasteiger partial charge in [0.15, 0.2) is 0 Å². The van der Waals surface area contributed by atoms with Gasteiger partial charge in [-0.2, -0.15) is 0 Å². The molecular weight excluding hydrogens is 570 g/mol. The molecular formula is C37H56ClN3O3. The lowest BCUT2D eigenvalue weighted by Crippen LogP contribution is -2.42. The molecule has 2 N–H and O–H groups in total. The average Bonchev–Trinajstić information content (AvgIpc) is 3.53. The monoisotopic (exact) mass is 625 g/mol. The highest BCUT2D eigenvalue weighted by atomic mass is 35.5. The first-order valence-corrected chi connectivity index (χ1v) is 17.2. The van der Waals surface area contributed by atoms with Gasteiger partial charge in [0.1, 0.15) is 0 Å². The van der Waals surface area contributed by atoms with Crippen LogP contribution in [0.1, 0.15) is 88.2 Å². The molecule has 0 amide bonds. The Morgan fingerprint density at radius 1 is 0.591 bits per heavy atom. The lowest BCUT2D eigenvalue weighted by Gasteiger charge is -2.36. The normalized spacial score (nSPS) is 35.6. The smallest absolute Gasteiger partial charge is 0.0720 e. The third kappa shape index (κ3) is 9.06. The van der Waals surface area contributed by atoms with Crippen molar-refractivity contribution in [3.05, 3.63) is 71.8 Å². The Morgan fingerprint density at radius 3 is 1.41 bits per heavy atom. The lowest BCUT2D eigenvalue weighted by molar-refractivity contribution is -0.0211. The highest BCUT2D eigenvalue weighted by Crippen LogP contribution is 2.36. The van der Waals surface area contributed by atoms with Gasteiger partial charge in [-0.3, -0.25) is 0 Å². The SMILES string of the molecule is CN1C2CCC1CC(O)C2.CN1C2CCC1CC(OCc1ccccc1)C2.Cl.c1ccc(COC2CC3CCC(C2)N3)cc1. The Kier molecular flexibility index (Phi) is 12.6. The zero-order chi connectivity index (χ0) is 29.6. The van der Waals surface area contributed by atoms with Gasteiger partial charge in [-0.15, -0.1) is 12.4 Å². The Hall–Kier alpha value is -1.51. The van der Waals surface area contributed by atoms with Crippen LogP contribution < -0.4 is 5.32 Å². The van der Waals surface area contributed by atoms with Crippen LogP contribution in [0.2, 0.25) is 0 Å². The van der Waals surface area contributed by atoms with Gasteiger partial charge in [0, 0.05) is 36.3 Å². The molecule has 6 aliphatic rings. The van der Waals surface area contributed by atoms with Crippen molar-refractivity contribution in [2.45, 2.75) is 145 Å². The van der Waals surface area contributed by atoms with Crippen LogP contribution in [0.5, 0.6) is 0 Å². The Bertz CT molecular complexity index is 1070. The Labute approximate surface area is 272 Å². The van der Waals surface area contributed by atoms with Crippen LogP contribution in [0.15, 0.2) is 60.7 Å². The first-order valence-electron chi connectivity index (χ1n) is 17.2. The standard InChI is InChI=1S/C15H21NO.C14H19NO.C8H15NO.ClH/c1-16-13-7-8-14(16)10-15(9-13)17-11-12-5-3-2-4-6-12;1-2-4-11(5-3-1)10-16-14-8-12-6-7-13(9-14)15-12;1-9-6-2-3-7(9)5-8(10)4-6;/h2-6,13-15H,7-11H2,1H3;1-5,12-15H,6-10H2;6-8,10H,2-5H2,1H3;1H. The number of nitrogens with one attached hydrogen (secondary N) is 1. The van der Waals surface area contributed by atoms with Gasteiger partial charge in [0.25, 0.3) is 0 Å². The van der Waals surface area contributed by atoms with Crippen molar-refractivity contribution < 1.29 is 14.6 Å². The van der Waals surface area contributed by atoms with E-state index in [-0.39, 0.29) is 18.5 Å². The Balaban J connectivity index is 0.000000134. The summed E-state index contributed by atoms with van der Waals surface area (Å²) in [5.74, 6) is 0. The number of aliphatic hydroxyl groups excluding tert-OH is 1. The quantitative estimate of drug-likeness (QED) is 0.391. The van der Waals surface area contributed by atoms with E-state index in [1.54, 1.807) is 0 Å². The van der Waals surface area contributed by atoms with Crippen molar-refractivity contribution in [1.29, 1.82) is 0 Å². The predicted molar refractivity (Wildman–Crippen MR) is 180 cm³/mol. The number of hydrogen-bond acceptors (Lipinski definition) is 6. The molecule has 44 heavy (non-hydrogen) atoms. The van der Waals surface area contributed by atoms with Gasteiger partial charge in [0.05, 0.1) is 31.5 Å². The number of nitrogens with zero attached hydrogens (tertiary/aromatic N) is 2. The molecule has 6 unspecified atom stereocenters. The van der Waals surface area contributed by atoms with E-state index in [9.17, 15) is 5.11 Å². The third-order valence-electron chi connectivity index (χ3n) is 11.2. The van der Waals surface area contributed by atoms with Crippen LogP contribution in [0, 0.1) is 0 Å². The topological polar surface area (TPSA) is 57.2 Å². The summed E-state index contributed by atoms with van der Waals surface area (Å²) in [5.41, 5.74) is 2.58. The second-order valence-electron chi connectivity index (χ2n) is 14.1. The summed E-state index contributed by atoms with van der Waals surface area (Å²) in [7, 11) is 4.46. The van der Waals surface area contributed by atoms with Gasteiger partial charge in [-0.25, -0.2) is 0 Å². The molecule has 7 heteroatoms. The fourth-order valence-corrected chi connectivity index (χ4v) is 8.60. The molecule has 0 aromatic heterocycles. The van der Waals surface area contributed by atoms with Crippen molar-refractivity contribution in [3.8, 4) is 0 Å². The van der Waals surface area contributed by atoms with Crippen LogP contribution in [0.3, 0.4) is 0 Å². The molecule has 6 atom stereocenters. The number of hydrogen-bond donors (Lipinski definition) is 2. The van der Waals surface area contributed by atoms with Gasteiger partial charge >= 0.3 is 0 Å². The molecule has 244 valence electrons. The number of benzene rings is 2. The summed E-state index contributed by atoms with van der Waals surface area (Å²) in [6.07, 6.45) is 15.8. The second-order valence-corrected chi connectivity index (χ2v) is 14.1. The predicted octanol–water partition coefficient (Wildman–Crippen LogP) is 6.34. The van der Waals surface area contributed by atoms with E-state index in [2.05, 4.69) is 83.8 Å². The lowest BCUT2D eigenvalue weighted by atomic mass is 10.0. The molecule has 6 saturated heterocycles. The third-order valence-corrected chi connectivity index (χ3v) is 11.2. The van der Waals surface area contributed by atoms with E-state index in [4.69, 9.17) is 9.47 Å². The van der Waals surface area contributed by atoms with Crippen LogP contribution >= 0.6 is 12.4 Å². The summed E-state index contributed by atoms with van der Waals surface area (Å²) >= 11 is 0. The largest absolute Gasteiger partial charge is 0.393 e. The van der Waals surface area contributed by atoms with Gasteiger partial charge < -0.3 is 29.7 Å². The zero-order valence-corrected chi connectivity index (χ0v) is 27.8. The minimum absolute atomic E-state index is 0. The van der Waals surface area contributed by atoms with E-state index in [0.29, 0.717) is 24.3 Å². The first kappa shape index (κ1) is 33.8. The minimum atomic E-state index is -0.00583. The molecule has 6 fully saturated rings. The highest BCUT2D eigenvalue weighted by molar-refractivity contribution is 5.85. The van der Waals surface area contributed by atoms with Crippen molar-refractivity contribution in [1.82, 2.24) is 15.1 Å². The zero-order valence-electron chi connectivity index (χ0n) is 26.9. The summed E-state index contributed by atoms with van der Waals surface area (Å²) in [6, 6.07) is 25.3. The number of halogens is 1. The summed E-state index contributed by atoms with van der Waals surface area (Å²) in [6.45, 7) is 1.54. The minimum Gasteiger partial charge on any atom is -0.393 e. The van der Waals surface area contributed by atoms with Gasteiger partial charge in [-0.05, 0) is 102 Å². The molecule has 0 radical (unpaired) electrons. The number of fused-ring (bicyclic) bond motifs is 6. The Morgan fingerprint density at radius 2 is 0.977 bits per heavy atom. The van der Waals surface area contributed by atoms with E-state index in [1.807, 2.05) is 6.07 Å². The molecule has 0 aliphatic carbocycles. The van der Waals surface area contributed by atoms with Crippen LogP contribution in [0.4, 0.5) is 0 Å². The van der Waals surface area contributed by atoms with Gasteiger partial charge in [0.2, 0.25) is 0 Å². The molecule has 0 spiro atoms. The maximum atomic E-state index is 9.38. The fourth-order valence-electron chi connectivity index (χ4n) is 8.60. The molecule has 8 rings (SSSR count). The number of rotatable bonds is 6. The molecule has 2 aromatic carbocycles. The summed E-state index contributed by atoms with van der Waals surface area (Å²) < 4.78 is 12.1. The van der Waals surface area contributed by atoms with Crippen LogP contribution in [-0.4, -0.2) is 83.6 Å². The summed E-state index contributed by atoms with van der Waals surface area (Å²) in [4.78, 5) is 5.00. The van der Waals surface area contributed by atoms with E-state index < -0.39 is 0 Å². The molecule has 6 heterocycles. The van der Waals surface area contributed by atoms with E-state index >= 15 is 0 Å². The highest BCUT2D eigenvalue weighted by Gasteiger charge is 2.39. The second kappa shape index (κ2) is 16.4. The van der Waals surface area contributed by atoms with E-state index in [1.165, 1.54) is 75.3 Å². The number of aliphatic hydroxyl groups is 1. The van der Waals surface area contributed by atoms with Crippen LogP contribution in [-0.2, 0) is 22.7 Å². The van der Waals surface area contributed by atoms with Crippen molar-refractivity contribution in [3.63, 3.8) is 0 Å². The average molecular weight is 626 g/mol. The molecule has 6 bridgehead atoms. The van der Waals surface area contributed by atoms with Gasteiger partial charge in [-0.1, -0.05) is 60.7 Å². The summed E-state index contributed by atoms with van der Waals surface area (Å²) in [5, 5.41) is 13.0. The van der Waals surface area contributed by atoms with Crippen molar-refractivity contribution in [2.24, 2.45) is 0 Å². The first-order chi connectivity index (χ1) is 21.0. The molecule has 6 aliphatic heterocycles. The molecule has 6 nitrogen and oxygen atoms in total. The maximum absolute atomic E-state index is 9.38. The van der Waals surface area contributed by atoms with Crippen molar-refractivity contribution in [2.75, 3.05) is 14.1 Å². The van der Waals surface area contributed by atoms with E-state index in [0.717, 1.165) is 50.2 Å². The number of ether oxygens (including phenoxy) is 2. The molecule has 2 aromatic rings. The molecule has 0 saturated carbocycles. The van der Waals surface area contributed by atoms with Crippen molar-refractivity contribution >= 4 is 12.4 Å². The maximum Gasteiger partial charge on any atom is 0.0720 e. The number of piperidine rings is 3.